The van der Waals surface area contributed by atoms with Crippen molar-refractivity contribution in [1.29, 1.82) is 0 Å². The van der Waals surface area contributed by atoms with Crippen molar-refractivity contribution in [1.82, 2.24) is 10.6 Å². The van der Waals surface area contributed by atoms with Crippen molar-refractivity contribution in [3.8, 4) is 0 Å². The molecule has 0 saturated carbocycles. The molecule has 1 rings (SSSR count). The Labute approximate surface area is 84.0 Å². The lowest BCUT2D eigenvalue weighted by Crippen LogP contribution is -2.38. The Kier molecular flexibility index (Phi) is 4.59. The van der Waals surface area contributed by atoms with E-state index in [4.69, 9.17) is 0 Å². The number of amides is 1. The first-order valence-electron chi connectivity index (χ1n) is 4.83. The second kappa shape index (κ2) is 5.50. The average molecular weight is 202 g/mol. The molecule has 0 aliphatic carbocycles. The van der Waals surface area contributed by atoms with Gasteiger partial charge in [0.25, 0.3) is 0 Å². The fourth-order valence-electron chi connectivity index (χ4n) is 1.30. The normalized spacial score (nSPS) is 23.2. The van der Waals surface area contributed by atoms with E-state index in [-0.39, 0.29) is 11.9 Å². The van der Waals surface area contributed by atoms with E-state index in [1.165, 1.54) is 12.2 Å². The maximum Gasteiger partial charge on any atom is 0.222 e. The zero-order valence-corrected chi connectivity index (χ0v) is 9.12. The Morgan fingerprint density at radius 3 is 3.00 bits per heavy atom. The molecule has 0 spiro atoms. The van der Waals surface area contributed by atoms with Crippen molar-refractivity contribution in [2.75, 3.05) is 12.3 Å². The third-order valence-electron chi connectivity index (χ3n) is 1.83. The molecule has 0 aromatic carbocycles. The van der Waals surface area contributed by atoms with E-state index < -0.39 is 0 Å². The minimum absolute atomic E-state index is 0.155. The molecule has 1 heterocycles. The summed E-state index contributed by atoms with van der Waals surface area (Å²) in [5.41, 5.74) is 0. The molecule has 1 unspecified atom stereocenters. The summed E-state index contributed by atoms with van der Waals surface area (Å²) in [6.07, 6.45) is 1.82. The molecule has 1 saturated heterocycles. The summed E-state index contributed by atoms with van der Waals surface area (Å²) >= 11 is 1.85. The topological polar surface area (TPSA) is 41.1 Å². The lowest BCUT2D eigenvalue weighted by atomic mass is 10.3. The van der Waals surface area contributed by atoms with Crippen LogP contribution < -0.4 is 10.6 Å². The van der Waals surface area contributed by atoms with E-state index >= 15 is 0 Å². The Morgan fingerprint density at radius 2 is 2.46 bits per heavy atom. The molecule has 0 aromatic heterocycles. The predicted molar refractivity (Wildman–Crippen MR) is 56.8 cm³/mol. The molecule has 1 atom stereocenters. The molecule has 76 valence electrons. The molecule has 13 heavy (non-hydrogen) atoms. The number of carbonyl (C=O) groups is 1. The van der Waals surface area contributed by atoms with Crippen molar-refractivity contribution in [2.45, 2.75) is 38.1 Å². The Bertz CT molecular complexity index is 167. The molecule has 3 nitrogen and oxygen atoms in total. The largest absolute Gasteiger partial charge is 0.354 e. The molecule has 0 radical (unpaired) electrons. The number of carbonyl (C=O) groups excluding carboxylic acids is 1. The molecule has 4 heteroatoms. The van der Waals surface area contributed by atoms with Crippen LogP contribution in [0.25, 0.3) is 0 Å². The summed E-state index contributed by atoms with van der Waals surface area (Å²) in [6, 6.07) is 0.251. The molecule has 1 aliphatic heterocycles. The van der Waals surface area contributed by atoms with E-state index in [2.05, 4.69) is 10.6 Å². The highest BCUT2D eigenvalue weighted by atomic mass is 32.2. The van der Waals surface area contributed by atoms with Gasteiger partial charge in [-0.25, -0.2) is 0 Å². The first-order valence-corrected chi connectivity index (χ1v) is 5.87. The van der Waals surface area contributed by atoms with Crippen molar-refractivity contribution in [3.63, 3.8) is 0 Å². The van der Waals surface area contributed by atoms with E-state index in [0.717, 1.165) is 6.54 Å². The second-order valence-electron chi connectivity index (χ2n) is 3.59. The molecule has 0 aromatic rings. The molecular weight excluding hydrogens is 184 g/mol. The third-order valence-corrected chi connectivity index (χ3v) is 3.09. The van der Waals surface area contributed by atoms with E-state index in [1.807, 2.05) is 25.6 Å². The average Bonchev–Trinajstić information content (AvgIpc) is 2.04. The zero-order chi connectivity index (χ0) is 9.68. The molecular formula is C9H18N2OS. The van der Waals surface area contributed by atoms with Gasteiger partial charge in [-0.3, -0.25) is 4.79 Å². The highest BCUT2D eigenvalue weighted by Gasteiger charge is 2.16. The van der Waals surface area contributed by atoms with Gasteiger partial charge in [-0.05, 0) is 32.6 Å². The van der Waals surface area contributed by atoms with Crippen LogP contribution in [0.3, 0.4) is 0 Å². The zero-order valence-electron chi connectivity index (χ0n) is 8.30. The van der Waals surface area contributed by atoms with Gasteiger partial charge < -0.3 is 10.6 Å². The quantitative estimate of drug-likeness (QED) is 0.716. The van der Waals surface area contributed by atoms with Crippen LogP contribution in [0, 0.1) is 0 Å². The number of hydrogen-bond acceptors (Lipinski definition) is 3. The monoisotopic (exact) mass is 202 g/mol. The summed E-state index contributed by atoms with van der Waals surface area (Å²) in [5.74, 6) is 1.33. The summed E-state index contributed by atoms with van der Waals surface area (Å²) in [7, 11) is 0. The molecule has 1 fully saturated rings. The third kappa shape index (κ3) is 4.52. The number of nitrogens with one attached hydrogen (secondary N) is 2. The molecule has 1 amide bonds. The SMILES string of the molecule is CC(C)NC(=O)CC1NCCCS1. The van der Waals surface area contributed by atoms with Gasteiger partial charge in [-0.1, -0.05) is 0 Å². The summed E-state index contributed by atoms with van der Waals surface area (Å²) < 4.78 is 0. The molecule has 1 aliphatic rings. The number of thioether (sulfide) groups is 1. The van der Waals surface area contributed by atoms with Gasteiger partial charge in [0, 0.05) is 6.04 Å². The first kappa shape index (κ1) is 10.9. The smallest absolute Gasteiger partial charge is 0.222 e. The van der Waals surface area contributed by atoms with Crippen LogP contribution in [0.2, 0.25) is 0 Å². The van der Waals surface area contributed by atoms with E-state index in [9.17, 15) is 4.79 Å². The van der Waals surface area contributed by atoms with Gasteiger partial charge in [-0.15, -0.1) is 11.8 Å². The lowest BCUT2D eigenvalue weighted by molar-refractivity contribution is -0.121. The Hall–Kier alpha value is -0.220. The van der Waals surface area contributed by atoms with Crippen molar-refractivity contribution < 1.29 is 4.79 Å². The Balaban J connectivity index is 2.18. The maximum absolute atomic E-state index is 11.4. The first-order chi connectivity index (χ1) is 6.18. The van der Waals surface area contributed by atoms with Crippen LogP contribution >= 0.6 is 11.8 Å². The van der Waals surface area contributed by atoms with Gasteiger partial charge >= 0.3 is 0 Å². The second-order valence-corrected chi connectivity index (χ2v) is 4.90. The van der Waals surface area contributed by atoms with Crippen molar-refractivity contribution in [2.24, 2.45) is 0 Å². The van der Waals surface area contributed by atoms with Gasteiger partial charge in [0.1, 0.15) is 0 Å². The van der Waals surface area contributed by atoms with Gasteiger partial charge in [-0.2, -0.15) is 0 Å². The summed E-state index contributed by atoms with van der Waals surface area (Å²) in [4.78, 5) is 11.4. The maximum atomic E-state index is 11.4. The minimum Gasteiger partial charge on any atom is -0.354 e. The minimum atomic E-state index is 0.155. The summed E-state index contributed by atoms with van der Waals surface area (Å²) in [6.45, 7) is 5.02. The highest BCUT2D eigenvalue weighted by molar-refractivity contribution is 7.99. The fourth-order valence-corrected chi connectivity index (χ4v) is 2.40. The van der Waals surface area contributed by atoms with Gasteiger partial charge in [0.2, 0.25) is 5.91 Å². The van der Waals surface area contributed by atoms with Gasteiger partial charge in [0.05, 0.1) is 11.8 Å². The van der Waals surface area contributed by atoms with Crippen LogP contribution in [-0.4, -0.2) is 29.6 Å². The van der Waals surface area contributed by atoms with Crippen LogP contribution in [0.4, 0.5) is 0 Å². The van der Waals surface area contributed by atoms with Crippen molar-refractivity contribution >= 4 is 17.7 Å². The standard InChI is InChI=1S/C9H18N2OS/c1-7(2)11-8(12)6-9-10-4-3-5-13-9/h7,9-10H,3-6H2,1-2H3,(H,11,12). The number of rotatable bonds is 3. The van der Waals surface area contributed by atoms with Crippen LogP contribution in [0.15, 0.2) is 0 Å². The molecule has 2 N–H and O–H groups in total. The predicted octanol–water partition coefficient (Wildman–Crippen LogP) is 0.954. The highest BCUT2D eigenvalue weighted by Crippen LogP contribution is 2.16. The molecule has 0 bridgehead atoms. The van der Waals surface area contributed by atoms with E-state index in [0.29, 0.717) is 11.8 Å². The lowest BCUT2D eigenvalue weighted by Gasteiger charge is -2.22. The fraction of sp³-hybridized carbons (Fsp3) is 0.889. The number of hydrogen-bond donors (Lipinski definition) is 2. The van der Waals surface area contributed by atoms with Crippen LogP contribution in [-0.2, 0) is 4.79 Å². The van der Waals surface area contributed by atoms with Crippen LogP contribution in [0.1, 0.15) is 26.7 Å². The Morgan fingerprint density at radius 1 is 1.69 bits per heavy atom. The van der Waals surface area contributed by atoms with E-state index in [1.54, 1.807) is 0 Å². The van der Waals surface area contributed by atoms with Gasteiger partial charge in [0.15, 0.2) is 0 Å². The summed E-state index contributed by atoms with van der Waals surface area (Å²) in [5, 5.41) is 6.55. The van der Waals surface area contributed by atoms with Crippen LogP contribution in [0.5, 0.6) is 0 Å². The van der Waals surface area contributed by atoms with Crippen molar-refractivity contribution in [3.05, 3.63) is 0 Å².